The minimum absolute atomic E-state index is 0.161. The largest absolute Gasteiger partial charge is 0.477 e. The zero-order valence-electron chi connectivity index (χ0n) is 18.1. The first-order chi connectivity index (χ1) is 16.2. The second-order valence-electron chi connectivity index (χ2n) is 8.20. The van der Waals surface area contributed by atoms with Gasteiger partial charge in [0.1, 0.15) is 11.4 Å². The number of benzene rings is 2. The number of carboxylic acids is 1. The van der Waals surface area contributed by atoms with Crippen molar-refractivity contribution in [1.29, 1.82) is 0 Å². The Kier molecular flexibility index (Phi) is 5.15. The van der Waals surface area contributed by atoms with E-state index in [4.69, 9.17) is 0 Å². The van der Waals surface area contributed by atoms with E-state index in [0.29, 0.717) is 42.8 Å². The van der Waals surface area contributed by atoms with Gasteiger partial charge in [-0.2, -0.15) is 0 Å². The van der Waals surface area contributed by atoms with Crippen LogP contribution in [0, 0.1) is 17.5 Å². The van der Waals surface area contributed by atoms with Crippen molar-refractivity contribution in [2.24, 2.45) is 7.05 Å². The number of hydrogen-bond donors (Lipinski definition) is 1. The maximum Gasteiger partial charge on any atom is 0.341 e. The van der Waals surface area contributed by atoms with Crippen LogP contribution in [0.25, 0.3) is 21.8 Å². The lowest BCUT2D eigenvalue weighted by atomic mass is 10.1. The molecule has 0 unspecified atom stereocenters. The lowest BCUT2D eigenvalue weighted by Gasteiger charge is -2.37. The minimum Gasteiger partial charge on any atom is -0.477 e. The summed E-state index contributed by atoms with van der Waals surface area (Å²) in [5.41, 5.74) is 0.436. The summed E-state index contributed by atoms with van der Waals surface area (Å²) >= 11 is 0. The second-order valence-corrected chi connectivity index (χ2v) is 8.20. The number of carboxylic acid groups (broad SMARTS) is 1. The number of carbonyl (C=O) groups is 1. The van der Waals surface area contributed by atoms with E-state index < -0.39 is 28.8 Å². The molecule has 174 valence electrons. The van der Waals surface area contributed by atoms with Crippen molar-refractivity contribution in [1.82, 2.24) is 9.55 Å². The third-order valence-corrected chi connectivity index (χ3v) is 6.21. The normalized spacial score (nSPS) is 14.2. The van der Waals surface area contributed by atoms with Gasteiger partial charge < -0.3 is 19.5 Å². The number of aromatic nitrogens is 2. The molecule has 7 nitrogen and oxygen atoms in total. The molecule has 0 aliphatic carbocycles. The fourth-order valence-electron chi connectivity index (χ4n) is 4.44. The second kappa shape index (κ2) is 8.05. The molecule has 1 N–H and O–H groups in total. The molecule has 5 rings (SSSR count). The Bertz CT molecular complexity index is 1530. The first-order valence-electron chi connectivity index (χ1n) is 10.5. The number of hydrogen-bond acceptors (Lipinski definition) is 5. The molecule has 0 spiro atoms. The summed E-state index contributed by atoms with van der Waals surface area (Å²) in [6.07, 6.45) is 2.66. The topological polar surface area (TPSA) is 78.7 Å². The summed E-state index contributed by atoms with van der Waals surface area (Å²) in [5, 5.41) is 9.95. The Morgan fingerprint density at radius 3 is 2.35 bits per heavy atom. The number of rotatable bonds is 3. The molecular formula is C24H19F3N4O3. The predicted octanol–water partition coefficient (Wildman–Crippen LogP) is 3.53. The highest BCUT2D eigenvalue weighted by Gasteiger charge is 2.23. The fourth-order valence-corrected chi connectivity index (χ4v) is 4.44. The quantitative estimate of drug-likeness (QED) is 0.464. The molecule has 4 aromatic rings. The number of nitrogens with zero attached hydrogens (tertiary/aromatic N) is 4. The predicted molar refractivity (Wildman–Crippen MR) is 122 cm³/mol. The summed E-state index contributed by atoms with van der Waals surface area (Å²) in [7, 11) is 1.61. The molecule has 1 saturated heterocycles. The highest BCUT2D eigenvalue weighted by Crippen LogP contribution is 2.30. The number of pyridine rings is 2. The van der Waals surface area contributed by atoms with Gasteiger partial charge in [-0.15, -0.1) is 0 Å². The molecule has 2 aromatic carbocycles. The third-order valence-electron chi connectivity index (χ3n) is 6.21. The van der Waals surface area contributed by atoms with Crippen LogP contribution in [0.15, 0.2) is 47.5 Å². The Balaban J connectivity index is 1.55. The van der Waals surface area contributed by atoms with Gasteiger partial charge in [0.2, 0.25) is 5.43 Å². The number of aryl methyl sites for hydroxylation is 1. The van der Waals surface area contributed by atoms with Crippen LogP contribution in [0.3, 0.4) is 0 Å². The van der Waals surface area contributed by atoms with Crippen LogP contribution in [0.1, 0.15) is 10.4 Å². The van der Waals surface area contributed by atoms with Crippen molar-refractivity contribution < 1.29 is 23.1 Å². The number of fused-ring (bicyclic) bond motifs is 3. The number of halogens is 3. The van der Waals surface area contributed by atoms with Gasteiger partial charge in [-0.05, 0) is 18.2 Å². The van der Waals surface area contributed by atoms with Gasteiger partial charge in [0.05, 0.1) is 28.3 Å². The molecule has 10 heteroatoms. The highest BCUT2D eigenvalue weighted by atomic mass is 19.2. The molecule has 0 bridgehead atoms. The van der Waals surface area contributed by atoms with Gasteiger partial charge in [0.25, 0.3) is 0 Å². The molecule has 1 aliphatic rings. The standard InChI is InChI=1S/C24H19F3N4O3/c1-29-12-15(24(33)34)23(32)22-14-9-20(18(27)10-19(14)28-11-21(22)29)31-6-4-30(5-7-31)13-2-3-16(25)17(26)8-13/h2-3,8-12H,4-7H2,1H3,(H,33,34). The van der Waals surface area contributed by atoms with Crippen LogP contribution in [0.4, 0.5) is 24.5 Å². The van der Waals surface area contributed by atoms with Crippen molar-refractivity contribution >= 4 is 39.1 Å². The SMILES string of the molecule is Cn1cc(C(=O)O)c(=O)c2c3cc(N4CCN(c5ccc(F)c(F)c5)CC4)c(F)cc3ncc21. The van der Waals surface area contributed by atoms with E-state index in [-0.39, 0.29) is 22.2 Å². The lowest BCUT2D eigenvalue weighted by Crippen LogP contribution is -2.46. The Morgan fingerprint density at radius 2 is 1.68 bits per heavy atom. The van der Waals surface area contributed by atoms with E-state index >= 15 is 4.39 Å². The third kappa shape index (κ3) is 3.51. The maximum atomic E-state index is 15.0. The van der Waals surface area contributed by atoms with Crippen molar-refractivity contribution in [3.05, 3.63) is 76.0 Å². The zero-order chi connectivity index (χ0) is 24.1. The molecule has 0 radical (unpaired) electrons. The number of anilines is 2. The summed E-state index contributed by atoms with van der Waals surface area (Å²) in [4.78, 5) is 32.5. The van der Waals surface area contributed by atoms with E-state index in [0.717, 1.165) is 12.1 Å². The smallest absolute Gasteiger partial charge is 0.341 e. The van der Waals surface area contributed by atoms with Gasteiger partial charge in [0.15, 0.2) is 11.6 Å². The van der Waals surface area contributed by atoms with E-state index in [2.05, 4.69) is 4.98 Å². The van der Waals surface area contributed by atoms with Gasteiger partial charge >= 0.3 is 5.97 Å². The Morgan fingerprint density at radius 1 is 0.971 bits per heavy atom. The van der Waals surface area contributed by atoms with Crippen LogP contribution in [-0.4, -0.2) is 46.8 Å². The average Bonchev–Trinajstić information content (AvgIpc) is 2.82. The van der Waals surface area contributed by atoms with E-state index in [1.165, 1.54) is 35.2 Å². The van der Waals surface area contributed by atoms with E-state index in [1.54, 1.807) is 11.9 Å². The van der Waals surface area contributed by atoms with Crippen molar-refractivity contribution in [2.75, 3.05) is 36.0 Å². The van der Waals surface area contributed by atoms with Crippen LogP contribution < -0.4 is 15.2 Å². The maximum absolute atomic E-state index is 15.0. The van der Waals surface area contributed by atoms with E-state index in [1.807, 2.05) is 4.90 Å². The van der Waals surface area contributed by atoms with Gasteiger partial charge in [-0.25, -0.2) is 18.0 Å². The minimum atomic E-state index is -1.34. The summed E-state index contributed by atoms with van der Waals surface area (Å²) < 4.78 is 43.4. The van der Waals surface area contributed by atoms with Crippen molar-refractivity contribution in [3.8, 4) is 0 Å². The average molecular weight is 468 g/mol. The van der Waals surface area contributed by atoms with Crippen molar-refractivity contribution in [2.45, 2.75) is 0 Å². The number of aromatic carboxylic acids is 1. The summed E-state index contributed by atoms with van der Waals surface area (Å²) in [5.74, 6) is -3.71. The molecule has 0 saturated carbocycles. The van der Waals surface area contributed by atoms with Crippen LogP contribution in [0.5, 0.6) is 0 Å². The molecule has 0 atom stereocenters. The van der Waals surface area contributed by atoms with Crippen molar-refractivity contribution in [3.63, 3.8) is 0 Å². The van der Waals surface area contributed by atoms with Gasteiger partial charge in [-0.1, -0.05) is 0 Å². The van der Waals surface area contributed by atoms with Crippen LogP contribution >= 0.6 is 0 Å². The Hall–Kier alpha value is -4.08. The molecule has 1 aliphatic heterocycles. The number of piperazine rings is 1. The van der Waals surface area contributed by atoms with E-state index in [9.17, 15) is 23.5 Å². The zero-order valence-corrected chi connectivity index (χ0v) is 18.1. The molecule has 1 fully saturated rings. The molecule has 34 heavy (non-hydrogen) atoms. The van der Waals surface area contributed by atoms with Gasteiger partial charge in [0, 0.05) is 62.6 Å². The summed E-state index contributed by atoms with van der Waals surface area (Å²) in [6.45, 7) is 1.69. The fraction of sp³-hybridized carbons (Fsp3) is 0.208. The summed E-state index contributed by atoms with van der Waals surface area (Å²) in [6, 6.07) is 6.47. The lowest BCUT2D eigenvalue weighted by molar-refractivity contribution is 0.0695. The first kappa shape index (κ1) is 21.7. The Labute approximate surface area is 191 Å². The van der Waals surface area contributed by atoms with Gasteiger partial charge in [-0.3, -0.25) is 9.78 Å². The molecule has 2 aromatic heterocycles. The van der Waals surface area contributed by atoms with Crippen LogP contribution in [0.2, 0.25) is 0 Å². The monoisotopic (exact) mass is 468 g/mol. The first-order valence-corrected chi connectivity index (χ1v) is 10.5. The molecule has 3 heterocycles. The molecule has 0 amide bonds. The van der Waals surface area contributed by atoms with Crippen LogP contribution in [-0.2, 0) is 7.05 Å². The highest BCUT2D eigenvalue weighted by molar-refractivity contribution is 6.07. The molecular weight excluding hydrogens is 449 g/mol.